The van der Waals surface area contributed by atoms with E-state index in [4.69, 9.17) is 11.6 Å². The lowest BCUT2D eigenvalue weighted by atomic mass is 9.79. The number of phenols is 1. The van der Waals surface area contributed by atoms with Crippen molar-refractivity contribution in [3.63, 3.8) is 0 Å². The van der Waals surface area contributed by atoms with E-state index in [1.807, 2.05) is 6.07 Å². The van der Waals surface area contributed by atoms with Crippen LogP contribution in [0.25, 0.3) is 0 Å². The van der Waals surface area contributed by atoms with E-state index in [1.54, 1.807) is 24.4 Å². The largest absolute Gasteiger partial charge is 0.508 e. The molecule has 2 aromatic carbocycles. The maximum absolute atomic E-state index is 9.56. The fourth-order valence-electron chi connectivity index (χ4n) is 3.94. The molecule has 25 heavy (non-hydrogen) atoms. The molecule has 0 radical (unpaired) electrons. The summed E-state index contributed by atoms with van der Waals surface area (Å²) in [6, 6.07) is 11.1. The molecule has 2 aromatic rings. The highest BCUT2D eigenvalue weighted by Gasteiger charge is 2.35. The monoisotopic (exact) mass is 356 g/mol. The molecule has 0 saturated heterocycles. The summed E-state index contributed by atoms with van der Waals surface area (Å²) in [6.07, 6.45) is 2.89. The first-order chi connectivity index (χ1) is 11.8. The van der Waals surface area contributed by atoms with Crippen LogP contribution in [0.3, 0.4) is 0 Å². The van der Waals surface area contributed by atoms with Crippen molar-refractivity contribution in [3.8, 4) is 5.75 Å². The van der Waals surface area contributed by atoms with Crippen molar-refractivity contribution >= 4 is 29.2 Å². The second kappa shape index (κ2) is 6.72. The first kappa shape index (κ1) is 17.8. The van der Waals surface area contributed by atoms with Gasteiger partial charge in [0.1, 0.15) is 5.75 Å². The van der Waals surface area contributed by atoms with Gasteiger partial charge in [-0.15, -0.1) is 0 Å². The van der Waals surface area contributed by atoms with E-state index in [-0.39, 0.29) is 11.3 Å². The number of nitrogens with zero attached hydrogens (tertiary/aromatic N) is 2. The molecule has 0 spiro atoms. The van der Waals surface area contributed by atoms with Crippen molar-refractivity contribution in [1.82, 2.24) is 0 Å². The number of hydrogen-bond donors (Lipinski definition) is 1. The lowest BCUT2D eigenvalue weighted by Gasteiger charge is -2.47. The van der Waals surface area contributed by atoms with Crippen LogP contribution < -0.4 is 4.90 Å². The average Bonchev–Trinajstić information content (AvgIpc) is 2.53. The number of aliphatic imine (C=N–C) groups is 1. The summed E-state index contributed by atoms with van der Waals surface area (Å²) in [7, 11) is 0. The molecule has 132 valence electrons. The maximum Gasteiger partial charge on any atom is 0.117 e. The molecule has 1 heterocycles. The zero-order valence-electron chi connectivity index (χ0n) is 15.3. The topological polar surface area (TPSA) is 35.8 Å². The second-order valence-electron chi connectivity index (χ2n) is 7.37. The van der Waals surface area contributed by atoms with E-state index < -0.39 is 0 Å². The first-order valence-electron chi connectivity index (χ1n) is 8.76. The molecule has 1 unspecified atom stereocenters. The zero-order valence-corrected chi connectivity index (χ0v) is 16.0. The Morgan fingerprint density at radius 3 is 2.76 bits per heavy atom. The van der Waals surface area contributed by atoms with Gasteiger partial charge in [0.15, 0.2) is 0 Å². The van der Waals surface area contributed by atoms with Gasteiger partial charge < -0.3 is 10.0 Å². The summed E-state index contributed by atoms with van der Waals surface area (Å²) in [5, 5.41) is 10.3. The lowest BCUT2D eigenvalue weighted by Crippen LogP contribution is -2.48. The summed E-state index contributed by atoms with van der Waals surface area (Å²) in [6.45, 7) is 10.0. The van der Waals surface area contributed by atoms with Crippen LogP contribution in [-0.2, 0) is 0 Å². The van der Waals surface area contributed by atoms with Crippen molar-refractivity contribution < 1.29 is 5.11 Å². The molecule has 0 bridgehead atoms. The van der Waals surface area contributed by atoms with Gasteiger partial charge in [-0.3, -0.25) is 4.99 Å². The van der Waals surface area contributed by atoms with Crippen molar-refractivity contribution in [1.29, 1.82) is 0 Å². The van der Waals surface area contributed by atoms with Crippen LogP contribution in [0.15, 0.2) is 41.4 Å². The van der Waals surface area contributed by atoms with E-state index in [2.05, 4.69) is 49.7 Å². The number of rotatable bonds is 3. The molecular formula is C21H25ClN2O. The number of fused-ring (bicyclic) bond motifs is 1. The molecule has 0 aromatic heterocycles. The Bertz CT molecular complexity index is 814. The third-order valence-electron chi connectivity index (χ3n) is 5.00. The number of hydrogen-bond acceptors (Lipinski definition) is 3. The van der Waals surface area contributed by atoms with Crippen molar-refractivity contribution in [2.75, 3.05) is 11.4 Å². The van der Waals surface area contributed by atoms with Gasteiger partial charge in [-0.2, -0.15) is 0 Å². The van der Waals surface area contributed by atoms with Crippen LogP contribution in [0.1, 0.15) is 51.2 Å². The normalized spacial score (nSPS) is 19.2. The van der Waals surface area contributed by atoms with E-state index in [9.17, 15) is 5.11 Å². The van der Waals surface area contributed by atoms with Crippen LogP contribution in [0, 0.1) is 0 Å². The highest BCUT2D eigenvalue weighted by molar-refractivity contribution is 6.33. The lowest BCUT2D eigenvalue weighted by molar-refractivity contribution is 0.381. The zero-order chi connectivity index (χ0) is 18.2. The Kier molecular flexibility index (Phi) is 4.79. The predicted octanol–water partition coefficient (Wildman–Crippen LogP) is 5.91. The number of benzene rings is 2. The van der Waals surface area contributed by atoms with E-state index in [1.165, 1.54) is 11.3 Å². The predicted molar refractivity (Wildman–Crippen MR) is 107 cm³/mol. The van der Waals surface area contributed by atoms with Gasteiger partial charge in [0.2, 0.25) is 0 Å². The molecule has 0 aliphatic carbocycles. The smallest absolute Gasteiger partial charge is 0.117 e. The standard InChI is InChI=1S/C21H25ClN2O/c1-5-24-20-11-19(22)15(9-18(20)14(2)12-21(24,3)4)13-23-16-7-6-8-17(25)10-16/h6-11,13-14,25H,5,12H2,1-4H3. The van der Waals surface area contributed by atoms with Crippen molar-refractivity contribution in [2.24, 2.45) is 4.99 Å². The average molecular weight is 357 g/mol. The van der Waals surface area contributed by atoms with Gasteiger partial charge in [-0.05, 0) is 62.9 Å². The maximum atomic E-state index is 9.56. The van der Waals surface area contributed by atoms with Crippen LogP contribution in [0.2, 0.25) is 5.02 Å². The molecule has 0 fully saturated rings. The van der Waals surface area contributed by atoms with Crippen LogP contribution in [0.4, 0.5) is 11.4 Å². The Balaban J connectivity index is 2.00. The SMILES string of the molecule is CCN1c2cc(Cl)c(C=Nc3cccc(O)c3)cc2C(C)CC1(C)C. The van der Waals surface area contributed by atoms with Gasteiger partial charge in [-0.1, -0.05) is 24.6 Å². The molecule has 1 atom stereocenters. The minimum atomic E-state index is 0.127. The summed E-state index contributed by atoms with van der Waals surface area (Å²) in [5.74, 6) is 0.679. The van der Waals surface area contributed by atoms with Gasteiger partial charge in [0.05, 0.1) is 10.7 Å². The molecular weight excluding hydrogens is 332 g/mol. The Labute approximate surface area is 155 Å². The summed E-state index contributed by atoms with van der Waals surface area (Å²) in [5.41, 5.74) is 4.29. The molecule has 3 nitrogen and oxygen atoms in total. The summed E-state index contributed by atoms with van der Waals surface area (Å²) < 4.78 is 0. The Morgan fingerprint density at radius 1 is 1.32 bits per heavy atom. The number of aromatic hydroxyl groups is 1. The second-order valence-corrected chi connectivity index (χ2v) is 7.78. The highest BCUT2D eigenvalue weighted by atomic mass is 35.5. The molecule has 1 aliphatic rings. The van der Waals surface area contributed by atoms with E-state index in [0.717, 1.165) is 18.5 Å². The molecule has 3 rings (SSSR count). The highest BCUT2D eigenvalue weighted by Crippen LogP contribution is 2.44. The summed E-state index contributed by atoms with van der Waals surface area (Å²) in [4.78, 5) is 6.89. The third-order valence-corrected chi connectivity index (χ3v) is 5.33. The minimum absolute atomic E-state index is 0.127. The van der Waals surface area contributed by atoms with E-state index in [0.29, 0.717) is 16.6 Å². The first-order valence-corrected chi connectivity index (χ1v) is 9.14. The van der Waals surface area contributed by atoms with Gasteiger partial charge >= 0.3 is 0 Å². The van der Waals surface area contributed by atoms with Crippen LogP contribution in [0.5, 0.6) is 5.75 Å². The molecule has 1 aliphatic heterocycles. The fraction of sp³-hybridized carbons (Fsp3) is 0.381. The van der Waals surface area contributed by atoms with Gasteiger partial charge in [-0.25, -0.2) is 0 Å². The third kappa shape index (κ3) is 3.52. The molecule has 1 N–H and O–H groups in total. The minimum Gasteiger partial charge on any atom is -0.508 e. The summed E-state index contributed by atoms with van der Waals surface area (Å²) >= 11 is 6.55. The number of halogens is 1. The van der Waals surface area contributed by atoms with Gasteiger partial charge in [0, 0.05) is 35.6 Å². The quantitative estimate of drug-likeness (QED) is 0.694. The molecule has 0 amide bonds. The fourth-order valence-corrected chi connectivity index (χ4v) is 4.14. The van der Waals surface area contributed by atoms with E-state index >= 15 is 0 Å². The van der Waals surface area contributed by atoms with Crippen molar-refractivity contribution in [2.45, 2.75) is 45.6 Å². The molecule has 4 heteroatoms. The van der Waals surface area contributed by atoms with Crippen LogP contribution in [-0.4, -0.2) is 23.4 Å². The van der Waals surface area contributed by atoms with Crippen LogP contribution >= 0.6 is 11.6 Å². The number of anilines is 1. The van der Waals surface area contributed by atoms with Gasteiger partial charge in [0.25, 0.3) is 0 Å². The number of phenolic OH excluding ortho intramolecular Hbond substituents is 1. The Hall–Kier alpha value is -2.00. The molecule has 0 saturated carbocycles. The van der Waals surface area contributed by atoms with Crippen molar-refractivity contribution in [3.05, 3.63) is 52.5 Å². The Morgan fingerprint density at radius 2 is 2.08 bits per heavy atom.